The van der Waals surface area contributed by atoms with Crippen LogP contribution >= 0.6 is 11.6 Å². The van der Waals surface area contributed by atoms with Crippen LogP contribution in [0.4, 0.5) is 0 Å². The predicted octanol–water partition coefficient (Wildman–Crippen LogP) is 7.91. The third-order valence-corrected chi connectivity index (χ3v) is 7.46. The first kappa shape index (κ1) is 16.2. The lowest BCUT2D eigenvalue weighted by Gasteiger charge is -2.19. The van der Waals surface area contributed by atoms with Gasteiger partial charge in [0, 0.05) is 26.7 Å². The van der Waals surface area contributed by atoms with E-state index >= 15 is 0 Å². The molecule has 8 rings (SSSR count). The molecule has 0 N–H and O–H groups in total. The molecule has 6 aromatic rings. The normalized spacial score (nSPS) is 17.5. The average molecular weight is 417 g/mol. The summed E-state index contributed by atoms with van der Waals surface area (Å²) in [6.45, 7) is 0. The minimum Gasteiger partial charge on any atom is -0.331 e. The predicted molar refractivity (Wildman–Crippen MR) is 131 cm³/mol. The number of para-hydroxylation sites is 2. The Hall–Kier alpha value is -3.49. The van der Waals surface area contributed by atoms with E-state index in [4.69, 9.17) is 11.6 Å². The molecule has 2 aromatic heterocycles. The molecule has 1 unspecified atom stereocenters. The molecule has 146 valence electrons. The molecule has 0 spiro atoms. The summed E-state index contributed by atoms with van der Waals surface area (Å²) in [6.07, 6.45) is 7.83. The number of aromatic nitrogens is 2. The fourth-order valence-corrected chi connectivity index (χ4v) is 6.20. The van der Waals surface area contributed by atoms with Crippen molar-refractivity contribution >= 4 is 66.3 Å². The van der Waals surface area contributed by atoms with E-state index in [1.807, 2.05) is 6.07 Å². The molecular weight excluding hydrogens is 400 g/mol. The Morgan fingerprint density at radius 2 is 1.65 bits per heavy atom. The van der Waals surface area contributed by atoms with Crippen molar-refractivity contribution < 1.29 is 0 Å². The minimum absolute atomic E-state index is 0.335. The zero-order valence-corrected chi connectivity index (χ0v) is 17.4. The quantitative estimate of drug-likeness (QED) is 0.238. The number of halogens is 1. The Morgan fingerprint density at radius 1 is 0.806 bits per heavy atom. The summed E-state index contributed by atoms with van der Waals surface area (Å²) in [4.78, 5) is 0. The molecule has 0 saturated carbocycles. The SMILES string of the molecule is Clc1ccc2c3ccc4ccc5c6c4c3n(c2c1)c1ccccc1n6C1CC=CC=C51. The second-order valence-electron chi connectivity index (χ2n) is 8.68. The number of nitrogens with zero attached hydrogens (tertiary/aromatic N) is 2. The van der Waals surface area contributed by atoms with Crippen LogP contribution in [0.3, 0.4) is 0 Å². The Morgan fingerprint density at radius 3 is 2.58 bits per heavy atom. The van der Waals surface area contributed by atoms with Gasteiger partial charge < -0.3 is 8.97 Å². The molecule has 1 aliphatic carbocycles. The molecule has 0 bridgehead atoms. The van der Waals surface area contributed by atoms with E-state index < -0.39 is 0 Å². The zero-order chi connectivity index (χ0) is 20.3. The molecule has 0 radical (unpaired) electrons. The highest BCUT2D eigenvalue weighted by atomic mass is 35.5. The van der Waals surface area contributed by atoms with Gasteiger partial charge in [0.05, 0.1) is 33.6 Å². The van der Waals surface area contributed by atoms with Gasteiger partial charge in [0.1, 0.15) is 0 Å². The summed E-state index contributed by atoms with van der Waals surface area (Å²) in [7, 11) is 0. The van der Waals surface area contributed by atoms with E-state index in [2.05, 4.69) is 87.9 Å². The van der Waals surface area contributed by atoms with Crippen molar-refractivity contribution in [3.8, 4) is 0 Å². The first-order valence-corrected chi connectivity index (χ1v) is 11.1. The Labute approximate surface area is 183 Å². The molecule has 4 aromatic carbocycles. The van der Waals surface area contributed by atoms with Crippen LogP contribution in [-0.2, 0) is 0 Å². The number of allylic oxidation sites excluding steroid dienone is 4. The van der Waals surface area contributed by atoms with Crippen molar-refractivity contribution in [1.82, 2.24) is 8.97 Å². The Balaban J connectivity index is 1.82. The van der Waals surface area contributed by atoms with Crippen LogP contribution in [0, 0.1) is 0 Å². The lowest BCUT2D eigenvalue weighted by molar-refractivity contribution is 0.683. The molecular formula is C28H17ClN2. The second kappa shape index (κ2) is 5.40. The summed E-state index contributed by atoms with van der Waals surface area (Å²) < 4.78 is 5.03. The highest BCUT2D eigenvalue weighted by Gasteiger charge is 2.31. The molecule has 0 amide bonds. The third kappa shape index (κ3) is 1.82. The highest BCUT2D eigenvalue weighted by molar-refractivity contribution is 6.32. The van der Waals surface area contributed by atoms with Gasteiger partial charge in [-0.2, -0.15) is 0 Å². The fraction of sp³-hybridized carbons (Fsp3) is 0.0714. The van der Waals surface area contributed by atoms with Gasteiger partial charge in [0.2, 0.25) is 0 Å². The van der Waals surface area contributed by atoms with Crippen LogP contribution in [0.25, 0.3) is 54.7 Å². The maximum absolute atomic E-state index is 6.49. The Bertz CT molecular complexity index is 1830. The van der Waals surface area contributed by atoms with Crippen LogP contribution in [0.15, 0.2) is 85.0 Å². The van der Waals surface area contributed by atoms with Crippen molar-refractivity contribution in [1.29, 1.82) is 0 Å². The van der Waals surface area contributed by atoms with E-state index in [1.165, 1.54) is 60.3 Å². The second-order valence-corrected chi connectivity index (χ2v) is 9.12. The summed E-state index contributed by atoms with van der Waals surface area (Å²) in [5.41, 5.74) is 9.07. The molecule has 1 atom stereocenters. The van der Waals surface area contributed by atoms with Crippen LogP contribution in [0.1, 0.15) is 18.0 Å². The van der Waals surface area contributed by atoms with Gasteiger partial charge in [-0.1, -0.05) is 72.3 Å². The first-order chi connectivity index (χ1) is 15.3. The molecule has 0 saturated heterocycles. The number of hydrogen-bond donors (Lipinski definition) is 0. The smallest absolute Gasteiger partial charge is 0.0699 e. The van der Waals surface area contributed by atoms with Gasteiger partial charge in [-0.15, -0.1) is 0 Å². The van der Waals surface area contributed by atoms with Crippen LogP contribution in [-0.4, -0.2) is 8.97 Å². The largest absolute Gasteiger partial charge is 0.331 e. The molecule has 2 aliphatic rings. The fourth-order valence-electron chi connectivity index (χ4n) is 6.03. The van der Waals surface area contributed by atoms with E-state index in [9.17, 15) is 0 Å². The van der Waals surface area contributed by atoms with Gasteiger partial charge in [0.15, 0.2) is 0 Å². The van der Waals surface area contributed by atoms with Crippen molar-refractivity contribution in [3.63, 3.8) is 0 Å². The molecule has 1 aliphatic heterocycles. The molecule has 3 heteroatoms. The third-order valence-electron chi connectivity index (χ3n) is 7.22. The van der Waals surface area contributed by atoms with Gasteiger partial charge in [-0.3, -0.25) is 0 Å². The van der Waals surface area contributed by atoms with Crippen molar-refractivity contribution in [2.45, 2.75) is 12.5 Å². The summed E-state index contributed by atoms with van der Waals surface area (Å²) in [5, 5.41) is 5.93. The van der Waals surface area contributed by atoms with Crippen molar-refractivity contribution in [2.24, 2.45) is 0 Å². The summed E-state index contributed by atoms with van der Waals surface area (Å²) in [6, 6.07) is 24.6. The van der Waals surface area contributed by atoms with Gasteiger partial charge in [-0.25, -0.2) is 0 Å². The topological polar surface area (TPSA) is 9.34 Å². The molecule has 31 heavy (non-hydrogen) atoms. The number of hydrogen-bond acceptors (Lipinski definition) is 0. The summed E-state index contributed by atoms with van der Waals surface area (Å²) >= 11 is 6.49. The monoisotopic (exact) mass is 416 g/mol. The number of fused-ring (bicyclic) bond motifs is 9. The van der Waals surface area contributed by atoms with Gasteiger partial charge in [-0.05, 0) is 41.6 Å². The zero-order valence-electron chi connectivity index (χ0n) is 16.6. The first-order valence-electron chi connectivity index (χ1n) is 10.8. The van der Waals surface area contributed by atoms with Crippen molar-refractivity contribution in [2.75, 3.05) is 0 Å². The van der Waals surface area contributed by atoms with Crippen molar-refractivity contribution in [3.05, 3.63) is 95.5 Å². The van der Waals surface area contributed by atoms with Crippen LogP contribution in [0.2, 0.25) is 5.02 Å². The maximum atomic E-state index is 6.49. The minimum atomic E-state index is 0.335. The lowest BCUT2D eigenvalue weighted by atomic mass is 9.94. The Kier molecular flexibility index (Phi) is 2.83. The van der Waals surface area contributed by atoms with E-state index in [0.717, 1.165) is 11.4 Å². The van der Waals surface area contributed by atoms with Gasteiger partial charge >= 0.3 is 0 Å². The average Bonchev–Trinajstić information content (AvgIpc) is 3.26. The number of rotatable bonds is 0. The van der Waals surface area contributed by atoms with Gasteiger partial charge in [0.25, 0.3) is 0 Å². The molecule has 0 fully saturated rings. The molecule has 2 nitrogen and oxygen atoms in total. The summed E-state index contributed by atoms with van der Waals surface area (Å²) in [5.74, 6) is 0. The van der Waals surface area contributed by atoms with E-state index in [1.54, 1.807) is 0 Å². The van der Waals surface area contributed by atoms with E-state index in [0.29, 0.717) is 6.04 Å². The number of benzene rings is 4. The standard InChI is InChI=1S/C28H17ClN2/c29-17-11-14-19-21-13-10-16-9-12-20-18-5-1-2-6-22(18)30-23-7-3-4-8-24(23)31(25(19)15-17)28(21)26(16)27(20)30/h1-5,7-15,22H,6H2. The highest BCUT2D eigenvalue weighted by Crippen LogP contribution is 2.49. The lowest BCUT2D eigenvalue weighted by Crippen LogP contribution is -2.06. The van der Waals surface area contributed by atoms with Crippen LogP contribution < -0.4 is 0 Å². The van der Waals surface area contributed by atoms with Crippen LogP contribution in [0.5, 0.6) is 0 Å². The molecule has 3 heterocycles. The van der Waals surface area contributed by atoms with E-state index in [-0.39, 0.29) is 0 Å². The maximum Gasteiger partial charge on any atom is 0.0699 e.